The van der Waals surface area contributed by atoms with Gasteiger partial charge >= 0.3 is 17.9 Å². The van der Waals surface area contributed by atoms with Crippen molar-refractivity contribution < 1.29 is 28.6 Å². The third-order valence-corrected chi connectivity index (χ3v) is 15.3. The molecule has 0 spiro atoms. The van der Waals surface area contributed by atoms with E-state index in [2.05, 4.69) is 41.5 Å². The van der Waals surface area contributed by atoms with Crippen LogP contribution in [0.15, 0.2) is 0 Å². The molecule has 0 aliphatic heterocycles. The lowest BCUT2D eigenvalue weighted by Gasteiger charge is -2.18. The number of carbonyl (C=O) groups excluding carboxylic acids is 3. The highest BCUT2D eigenvalue weighted by Gasteiger charge is 2.19. The number of hydrogen-bond acceptors (Lipinski definition) is 6. The summed E-state index contributed by atoms with van der Waals surface area (Å²) < 4.78 is 16.9. The van der Waals surface area contributed by atoms with Crippen LogP contribution in [0.2, 0.25) is 0 Å². The molecule has 1 unspecified atom stereocenters. The van der Waals surface area contributed by atoms with E-state index in [0.29, 0.717) is 19.3 Å². The van der Waals surface area contributed by atoms with Crippen LogP contribution in [-0.4, -0.2) is 37.2 Å². The summed E-state index contributed by atoms with van der Waals surface area (Å²) in [7, 11) is 0. The normalized spacial score (nSPS) is 12.5. The zero-order valence-corrected chi connectivity index (χ0v) is 49.0. The van der Waals surface area contributed by atoms with Gasteiger partial charge in [0.1, 0.15) is 13.2 Å². The molecular weight excluding hydrogens is 877 g/mol. The van der Waals surface area contributed by atoms with E-state index in [-0.39, 0.29) is 31.1 Å². The van der Waals surface area contributed by atoms with Crippen LogP contribution < -0.4 is 0 Å². The Kier molecular flexibility index (Phi) is 54.9. The molecule has 0 fully saturated rings. The Morgan fingerprint density at radius 1 is 0.282 bits per heavy atom. The first-order valence-corrected chi connectivity index (χ1v) is 32.1. The Hall–Kier alpha value is -1.59. The second-order valence-corrected chi connectivity index (χ2v) is 23.6. The van der Waals surface area contributed by atoms with Crippen molar-refractivity contribution >= 4 is 17.9 Å². The van der Waals surface area contributed by atoms with Gasteiger partial charge in [0.25, 0.3) is 0 Å². The van der Waals surface area contributed by atoms with E-state index in [1.54, 1.807) is 0 Å². The van der Waals surface area contributed by atoms with Crippen molar-refractivity contribution in [1.82, 2.24) is 0 Å². The maximum absolute atomic E-state index is 12.8. The Bertz CT molecular complexity index is 1100. The molecule has 0 rings (SSSR count). The summed E-state index contributed by atoms with van der Waals surface area (Å²) in [6, 6.07) is 0. The molecule has 71 heavy (non-hydrogen) atoms. The Morgan fingerprint density at radius 3 is 0.732 bits per heavy atom. The molecule has 6 nitrogen and oxygen atoms in total. The SMILES string of the molecule is CCC(C)CCCCCCCCCCCCCCCCCCCCC(=O)OC[C@H](COC(=O)CCCCCCCCCCCCCCCCCCCCC(C)C)OC(=O)CCCCCCCCCC(C)C. The van der Waals surface area contributed by atoms with E-state index in [1.165, 1.54) is 244 Å². The molecule has 0 aromatic carbocycles. The van der Waals surface area contributed by atoms with Gasteiger partial charge in [0.05, 0.1) is 0 Å². The minimum atomic E-state index is -0.764. The second kappa shape index (κ2) is 56.1. The molecule has 422 valence electrons. The fourth-order valence-corrected chi connectivity index (χ4v) is 10.0. The van der Waals surface area contributed by atoms with E-state index >= 15 is 0 Å². The molecule has 0 aliphatic carbocycles. The predicted octanol–water partition coefficient (Wildman–Crippen LogP) is 21.5. The third kappa shape index (κ3) is 57.5. The van der Waals surface area contributed by atoms with Crippen LogP contribution >= 0.6 is 0 Å². The van der Waals surface area contributed by atoms with Crippen molar-refractivity contribution in [1.29, 1.82) is 0 Å². The van der Waals surface area contributed by atoms with E-state index in [0.717, 1.165) is 75.5 Å². The lowest BCUT2D eigenvalue weighted by Crippen LogP contribution is -2.30. The van der Waals surface area contributed by atoms with Gasteiger partial charge in [0.2, 0.25) is 0 Å². The number of rotatable bonds is 58. The summed E-state index contributed by atoms with van der Waals surface area (Å²) >= 11 is 0. The first-order valence-electron chi connectivity index (χ1n) is 32.1. The molecule has 0 saturated carbocycles. The molecule has 2 atom stereocenters. The van der Waals surface area contributed by atoms with Crippen LogP contribution in [0.1, 0.15) is 363 Å². The maximum atomic E-state index is 12.8. The van der Waals surface area contributed by atoms with E-state index < -0.39 is 6.10 Å². The fourth-order valence-electron chi connectivity index (χ4n) is 10.0. The molecule has 0 saturated heterocycles. The molecule has 0 radical (unpaired) electrons. The minimum absolute atomic E-state index is 0.0637. The van der Waals surface area contributed by atoms with Gasteiger partial charge in [0.15, 0.2) is 6.10 Å². The molecule has 6 heteroatoms. The summed E-state index contributed by atoms with van der Waals surface area (Å²) in [6.07, 6.45) is 61.2. The van der Waals surface area contributed by atoms with Crippen LogP contribution in [0.5, 0.6) is 0 Å². The van der Waals surface area contributed by atoms with Crippen molar-refractivity contribution in [3.63, 3.8) is 0 Å². The summed E-state index contributed by atoms with van der Waals surface area (Å²) in [6.45, 7) is 13.8. The Labute approximate surface area is 444 Å². The quantitative estimate of drug-likeness (QED) is 0.0343. The van der Waals surface area contributed by atoms with Gasteiger partial charge in [-0.1, -0.05) is 324 Å². The summed E-state index contributed by atoms with van der Waals surface area (Å²) in [4.78, 5) is 38.2. The summed E-state index contributed by atoms with van der Waals surface area (Å²) in [5.41, 5.74) is 0. The molecule has 0 heterocycles. The molecular formula is C65H126O6. The number of esters is 3. The van der Waals surface area contributed by atoms with E-state index in [9.17, 15) is 14.4 Å². The lowest BCUT2D eigenvalue weighted by atomic mass is 9.99. The summed E-state index contributed by atoms with van der Waals surface area (Å²) in [5, 5.41) is 0. The van der Waals surface area contributed by atoms with Crippen molar-refractivity contribution in [2.75, 3.05) is 13.2 Å². The number of carbonyl (C=O) groups is 3. The van der Waals surface area contributed by atoms with Crippen molar-refractivity contribution in [2.24, 2.45) is 17.8 Å². The smallest absolute Gasteiger partial charge is 0.306 e. The van der Waals surface area contributed by atoms with Gasteiger partial charge in [-0.25, -0.2) is 0 Å². The van der Waals surface area contributed by atoms with Crippen molar-refractivity contribution in [3.05, 3.63) is 0 Å². The molecule has 0 aromatic heterocycles. The van der Waals surface area contributed by atoms with Gasteiger partial charge in [-0.3, -0.25) is 14.4 Å². The van der Waals surface area contributed by atoms with Crippen LogP contribution in [0, 0.1) is 17.8 Å². The molecule has 0 bridgehead atoms. The van der Waals surface area contributed by atoms with Gasteiger partial charge in [-0.2, -0.15) is 0 Å². The Morgan fingerprint density at radius 2 is 0.493 bits per heavy atom. The third-order valence-electron chi connectivity index (χ3n) is 15.3. The van der Waals surface area contributed by atoms with Crippen LogP contribution in [0.4, 0.5) is 0 Å². The molecule has 0 aliphatic rings. The predicted molar refractivity (Wildman–Crippen MR) is 307 cm³/mol. The van der Waals surface area contributed by atoms with Crippen LogP contribution in [0.3, 0.4) is 0 Å². The number of ether oxygens (including phenoxy) is 3. The van der Waals surface area contributed by atoms with Gasteiger partial charge in [-0.15, -0.1) is 0 Å². The van der Waals surface area contributed by atoms with Crippen LogP contribution in [-0.2, 0) is 28.6 Å². The largest absolute Gasteiger partial charge is 0.462 e. The van der Waals surface area contributed by atoms with Crippen molar-refractivity contribution in [3.8, 4) is 0 Å². The Balaban J connectivity index is 4.15. The van der Waals surface area contributed by atoms with E-state index in [1.807, 2.05) is 0 Å². The zero-order valence-electron chi connectivity index (χ0n) is 49.0. The monoisotopic (exact) mass is 1000 g/mol. The maximum Gasteiger partial charge on any atom is 0.306 e. The topological polar surface area (TPSA) is 78.9 Å². The lowest BCUT2D eigenvalue weighted by molar-refractivity contribution is -0.167. The minimum Gasteiger partial charge on any atom is -0.462 e. The molecule has 0 aromatic rings. The highest BCUT2D eigenvalue weighted by molar-refractivity contribution is 5.71. The zero-order chi connectivity index (χ0) is 51.9. The second-order valence-electron chi connectivity index (χ2n) is 23.6. The van der Waals surface area contributed by atoms with E-state index in [4.69, 9.17) is 14.2 Å². The van der Waals surface area contributed by atoms with Crippen LogP contribution in [0.25, 0.3) is 0 Å². The van der Waals surface area contributed by atoms with Crippen molar-refractivity contribution in [2.45, 2.75) is 369 Å². The highest BCUT2D eigenvalue weighted by Crippen LogP contribution is 2.20. The number of hydrogen-bond donors (Lipinski definition) is 0. The molecule has 0 amide bonds. The number of unbranched alkanes of at least 4 members (excludes halogenated alkanes) is 40. The first-order chi connectivity index (χ1) is 34.6. The average molecular weight is 1000 g/mol. The highest BCUT2D eigenvalue weighted by atomic mass is 16.6. The van der Waals surface area contributed by atoms with Gasteiger partial charge in [0, 0.05) is 19.3 Å². The summed E-state index contributed by atoms with van der Waals surface area (Å²) in [5.74, 6) is 1.71. The fraction of sp³-hybridized carbons (Fsp3) is 0.954. The average Bonchev–Trinajstić information content (AvgIpc) is 3.35. The first kappa shape index (κ1) is 69.4. The van der Waals surface area contributed by atoms with Gasteiger partial charge in [-0.05, 0) is 37.0 Å². The standard InChI is InChI=1S/C65H126O6/c1-7-61(6)53-47-41-35-29-25-21-17-13-9-11-15-19-23-27-31-37-43-49-55-64(67)70-58-62(71-65(68)56-50-44-38-32-34-40-46-52-60(4)5)57-69-63(66)54-48-42-36-30-26-22-18-14-10-8-12-16-20-24-28-33-39-45-51-59(2)3/h59-62H,7-58H2,1-6H3/t61?,62-/m0/s1. The van der Waals surface area contributed by atoms with Gasteiger partial charge < -0.3 is 14.2 Å². The molecule has 0 N–H and O–H groups in total.